The molecule has 2 N–H and O–H groups in total. The molecular formula is C15H17N3O4S. The Labute approximate surface area is 137 Å². The van der Waals surface area contributed by atoms with Crippen molar-refractivity contribution in [1.29, 1.82) is 0 Å². The lowest BCUT2D eigenvalue weighted by atomic mass is 9.92. The van der Waals surface area contributed by atoms with Crippen molar-refractivity contribution in [1.82, 2.24) is 10.2 Å². The molecule has 1 aromatic heterocycles. The van der Waals surface area contributed by atoms with Gasteiger partial charge < -0.3 is 15.2 Å². The highest BCUT2D eigenvalue weighted by molar-refractivity contribution is 7.15. The number of anilines is 1. The fraction of sp³-hybridized carbons (Fsp3) is 0.333. The topological polar surface area (TPSA) is 101 Å². The van der Waals surface area contributed by atoms with E-state index in [-0.39, 0.29) is 18.7 Å². The summed E-state index contributed by atoms with van der Waals surface area (Å²) >= 11 is 1.27. The van der Waals surface area contributed by atoms with E-state index in [1.165, 1.54) is 11.3 Å². The molecule has 0 aliphatic carbocycles. The number of carbonyl (C=O) groups is 2. The average Bonchev–Trinajstić information content (AvgIpc) is 2.91. The van der Waals surface area contributed by atoms with Gasteiger partial charge in [-0.1, -0.05) is 23.5 Å². The van der Waals surface area contributed by atoms with Crippen LogP contribution >= 0.6 is 11.3 Å². The number of rotatable bonds is 7. The minimum atomic E-state index is -0.953. The molecule has 23 heavy (non-hydrogen) atoms. The van der Waals surface area contributed by atoms with Crippen molar-refractivity contribution >= 4 is 28.3 Å². The van der Waals surface area contributed by atoms with Crippen LogP contribution in [0.5, 0.6) is 5.75 Å². The number of amides is 1. The number of aryl methyl sites for hydroxylation is 1. The van der Waals surface area contributed by atoms with Crippen LogP contribution in [0, 0.1) is 6.92 Å². The van der Waals surface area contributed by atoms with Gasteiger partial charge in [0.2, 0.25) is 11.0 Å². The number of nitrogens with zero attached hydrogens (tertiary/aromatic N) is 2. The molecule has 1 amide bonds. The first-order chi connectivity index (χ1) is 11.0. The van der Waals surface area contributed by atoms with Crippen molar-refractivity contribution in [2.24, 2.45) is 0 Å². The third kappa shape index (κ3) is 5.03. The van der Waals surface area contributed by atoms with E-state index in [1.807, 2.05) is 0 Å². The highest BCUT2D eigenvalue weighted by atomic mass is 32.1. The predicted molar refractivity (Wildman–Crippen MR) is 85.9 cm³/mol. The van der Waals surface area contributed by atoms with Gasteiger partial charge >= 0.3 is 5.97 Å². The summed E-state index contributed by atoms with van der Waals surface area (Å²) in [7, 11) is 1.56. The van der Waals surface area contributed by atoms with E-state index in [0.29, 0.717) is 10.9 Å². The fourth-order valence-corrected chi connectivity index (χ4v) is 2.74. The van der Waals surface area contributed by atoms with Crippen molar-refractivity contribution in [2.75, 3.05) is 12.4 Å². The summed E-state index contributed by atoms with van der Waals surface area (Å²) in [5, 5.41) is 20.5. The first-order valence-electron chi connectivity index (χ1n) is 6.93. The van der Waals surface area contributed by atoms with Gasteiger partial charge in [-0.15, -0.1) is 10.2 Å². The maximum absolute atomic E-state index is 12.1. The van der Waals surface area contributed by atoms with Gasteiger partial charge in [0.1, 0.15) is 10.8 Å². The number of carboxylic acid groups (broad SMARTS) is 1. The summed E-state index contributed by atoms with van der Waals surface area (Å²) in [6.45, 7) is 1.79. The van der Waals surface area contributed by atoms with Crippen LogP contribution in [0.25, 0.3) is 0 Å². The van der Waals surface area contributed by atoms with E-state index in [4.69, 9.17) is 9.84 Å². The third-order valence-electron chi connectivity index (χ3n) is 3.21. The molecular weight excluding hydrogens is 318 g/mol. The second-order valence-corrected chi connectivity index (χ2v) is 6.13. The number of hydrogen-bond donors (Lipinski definition) is 2. The molecule has 122 valence electrons. The number of carbonyl (C=O) groups excluding carboxylic acids is 1. The normalized spacial score (nSPS) is 11.7. The molecule has 1 aromatic carbocycles. The number of benzene rings is 1. The number of aliphatic carboxylic acids is 1. The zero-order valence-corrected chi connectivity index (χ0v) is 13.6. The number of carboxylic acids is 1. The summed E-state index contributed by atoms with van der Waals surface area (Å²) in [6.07, 6.45) is -0.0772. The van der Waals surface area contributed by atoms with Crippen molar-refractivity contribution in [3.63, 3.8) is 0 Å². The number of ether oxygens (including phenoxy) is 1. The largest absolute Gasteiger partial charge is 0.497 e. The Morgan fingerprint density at radius 1 is 1.26 bits per heavy atom. The zero-order chi connectivity index (χ0) is 16.8. The molecule has 0 aliphatic rings. The SMILES string of the molecule is COc1ccc([C@@H](CC(=O)O)CC(=O)Nc2nnc(C)s2)cc1. The van der Waals surface area contributed by atoms with Crippen LogP contribution in [0.15, 0.2) is 24.3 Å². The summed E-state index contributed by atoms with van der Waals surface area (Å²) in [5.74, 6) is -0.988. The van der Waals surface area contributed by atoms with Gasteiger partial charge in [-0.05, 0) is 24.6 Å². The predicted octanol–water partition coefficient (Wildman–Crippen LogP) is 2.44. The van der Waals surface area contributed by atoms with Crippen LogP contribution in [0.4, 0.5) is 5.13 Å². The van der Waals surface area contributed by atoms with E-state index in [0.717, 1.165) is 10.6 Å². The molecule has 7 nitrogen and oxygen atoms in total. The monoisotopic (exact) mass is 335 g/mol. The van der Waals surface area contributed by atoms with Crippen molar-refractivity contribution in [3.05, 3.63) is 34.8 Å². The molecule has 2 rings (SSSR count). The fourth-order valence-electron chi connectivity index (χ4n) is 2.14. The van der Waals surface area contributed by atoms with Crippen LogP contribution in [0.2, 0.25) is 0 Å². The number of nitrogens with one attached hydrogen (secondary N) is 1. The molecule has 0 saturated heterocycles. The molecule has 0 unspecified atom stereocenters. The van der Waals surface area contributed by atoms with Gasteiger partial charge in [-0.25, -0.2) is 0 Å². The minimum absolute atomic E-state index is 0.0528. The van der Waals surface area contributed by atoms with E-state index in [2.05, 4.69) is 15.5 Å². The second-order valence-electron chi connectivity index (χ2n) is 4.95. The summed E-state index contributed by atoms with van der Waals surface area (Å²) < 4.78 is 5.08. The van der Waals surface area contributed by atoms with Crippen LogP contribution < -0.4 is 10.1 Å². The Hall–Kier alpha value is -2.48. The summed E-state index contributed by atoms with van der Waals surface area (Å²) in [5.41, 5.74) is 0.775. The van der Waals surface area contributed by atoms with E-state index in [9.17, 15) is 9.59 Å². The lowest BCUT2D eigenvalue weighted by molar-refractivity contribution is -0.137. The second kappa shape index (κ2) is 7.68. The van der Waals surface area contributed by atoms with E-state index < -0.39 is 11.9 Å². The van der Waals surface area contributed by atoms with Crippen molar-refractivity contribution in [3.8, 4) is 5.75 Å². The maximum atomic E-state index is 12.1. The standard InChI is InChI=1S/C15H17N3O4S/c1-9-17-18-15(23-9)16-13(19)7-11(8-14(20)21)10-3-5-12(22-2)6-4-10/h3-6,11H,7-8H2,1-2H3,(H,20,21)(H,16,18,19)/t11-/m1/s1. The van der Waals surface area contributed by atoms with Crippen LogP contribution in [-0.4, -0.2) is 34.3 Å². The molecule has 1 atom stereocenters. The molecule has 0 spiro atoms. The quantitative estimate of drug-likeness (QED) is 0.806. The average molecular weight is 335 g/mol. The Morgan fingerprint density at radius 3 is 2.48 bits per heavy atom. The lowest BCUT2D eigenvalue weighted by Gasteiger charge is -2.15. The van der Waals surface area contributed by atoms with Crippen LogP contribution in [-0.2, 0) is 9.59 Å². The Balaban J connectivity index is 2.07. The van der Waals surface area contributed by atoms with Gasteiger partial charge in [-0.2, -0.15) is 0 Å². The van der Waals surface area contributed by atoms with Gasteiger partial charge in [0.25, 0.3) is 0 Å². The number of hydrogen-bond acceptors (Lipinski definition) is 6. The molecule has 0 radical (unpaired) electrons. The van der Waals surface area contributed by atoms with Gasteiger partial charge in [-0.3, -0.25) is 9.59 Å². The van der Waals surface area contributed by atoms with Crippen molar-refractivity contribution < 1.29 is 19.4 Å². The Bertz CT molecular complexity index is 684. The van der Waals surface area contributed by atoms with E-state index in [1.54, 1.807) is 38.3 Å². The van der Waals surface area contributed by atoms with Gasteiger partial charge in [0.15, 0.2) is 0 Å². The molecule has 0 bridgehead atoms. The van der Waals surface area contributed by atoms with Crippen molar-refractivity contribution in [2.45, 2.75) is 25.7 Å². The smallest absolute Gasteiger partial charge is 0.303 e. The Kier molecular flexibility index (Phi) is 5.64. The molecule has 1 heterocycles. The molecule has 0 fully saturated rings. The zero-order valence-electron chi connectivity index (χ0n) is 12.8. The number of methoxy groups -OCH3 is 1. The highest BCUT2D eigenvalue weighted by Gasteiger charge is 2.20. The van der Waals surface area contributed by atoms with E-state index >= 15 is 0 Å². The maximum Gasteiger partial charge on any atom is 0.303 e. The molecule has 0 aliphatic heterocycles. The molecule has 8 heteroatoms. The van der Waals surface area contributed by atoms with Crippen LogP contribution in [0.1, 0.15) is 29.3 Å². The number of aromatic nitrogens is 2. The summed E-state index contributed by atoms with van der Waals surface area (Å²) in [6, 6.07) is 7.04. The highest BCUT2D eigenvalue weighted by Crippen LogP contribution is 2.26. The first kappa shape index (κ1) is 16.9. The lowest BCUT2D eigenvalue weighted by Crippen LogP contribution is -2.17. The first-order valence-corrected chi connectivity index (χ1v) is 7.75. The molecule has 0 saturated carbocycles. The summed E-state index contributed by atoms with van der Waals surface area (Å²) in [4.78, 5) is 23.2. The Morgan fingerprint density at radius 2 is 1.96 bits per heavy atom. The molecule has 2 aromatic rings. The van der Waals surface area contributed by atoms with Gasteiger partial charge in [0, 0.05) is 12.3 Å². The van der Waals surface area contributed by atoms with Gasteiger partial charge in [0.05, 0.1) is 13.5 Å². The minimum Gasteiger partial charge on any atom is -0.497 e. The van der Waals surface area contributed by atoms with Crippen LogP contribution in [0.3, 0.4) is 0 Å². The third-order valence-corrected chi connectivity index (χ3v) is 3.97.